The molecule has 0 aliphatic carbocycles. The first-order valence-electron chi connectivity index (χ1n) is 12.8. The first kappa shape index (κ1) is 26.4. The lowest BCUT2D eigenvalue weighted by molar-refractivity contribution is -0.140. The Hall–Kier alpha value is -3.68. The normalized spacial score (nSPS) is 19.7. The number of carbonyl (C=O) groups excluding carboxylic acids is 4. The zero-order chi connectivity index (χ0) is 26.9. The van der Waals surface area contributed by atoms with Gasteiger partial charge in [0, 0.05) is 44.5 Å². The number of Topliss-reactive ketones (excluding diaryl/α,β-unsaturated/α-hetero) is 1. The number of likely N-dealkylation sites (tertiary alicyclic amines) is 2. The number of fused-ring (bicyclic) bond motifs is 1. The molecule has 3 atom stereocenters. The molecule has 3 amide bonds. The van der Waals surface area contributed by atoms with Gasteiger partial charge in [-0.15, -0.1) is 0 Å². The van der Waals surface area contributed by atoms with E-state index in [-0.39, 0.29) is 42.0 Å². The van der Waals surface area contributed by atoms with E-state index in [4.69, 9.17) is 0 Å². The molecular weight excluding hydrogens is 468 g/mol. The smallest absolute Gasteiger partial charge is 0.254 e. The van der Waals surface area contributed by atoms with E-state index in [1.165, 1.54) is 4.90 Å². The molecule has 0 bridgehead atoms. The van der Waals surface area contributed by atoms with E-state index in [0.717, 1.165) is 5.69 Å². The highest BCUT2D eigenvalue weighted by Gasteiger charge is 2.52. The summed E-state index contributed by atoms with van der Waals surface area (Å²) in [5, 5.41) is 0. The first-order valence-corrected chi connectivity index (χ1v) is 12.8. The van der Waals surface area contributed by atoms with E-state index in [1.807, 2.05) is 51.0 Å². The predicted octanol–water partition coefficient (Wildman–Crippen LogP) is 2.93. The summed E-state index contributed by atoms with van der Waals surface area (Å²) < 4.78 is 0. The number of carbonyl (C=O) groups is 4. The van der Waals surface area contributed by atoms with Crippen molar-refractivity contribution in [1.29, 1.82) is 0 Å². The number of hydrogen-bond acceptors (Lipinski definition) is 5. The van der Waals surface area contributed by atoms with Crippen LogP contribution < -0.4 is 4.90 Å². The standard InChI is InChI=1S/C29H36N4O4/c1-19(2)17-24(31(5)27(35)21-11-13-22(14-12-21)30(3)4)29(37)32-16-15-23-26(32)25(34)18-33(23)28(36)20-9-7-6-8-10-20/h6-14,19,23-24,26H,15-18H2,1-5H3/t23-,24+,26+/m1/s1. The molecule has 0 unspecified atom stereocenters. The molecule has 0 N–H and O–H groups in total. The Labute approximate surface area is 218 Å². The molecule has 0 radical (unpaired) electrons. The molecule has 0 aromatic heterocycles. The lowest BCUT2D eigenvalue weighted by atomic mass is 9.99. The SMILES string of the molecule is CC(C)C[C@@H](C(=O)N1CC[C@@H]2[C@H]1C(=O)CN2C(=O)c1ccccc1)N(C)C(=O)c1ccc(N(C)C)cc1. The monoisotopic (exact) mass is 504 g/mol. The minimum Gasteiger partial charge on any atom is -0.378 e. The summed E-state index contributed by atoms with van der Waals surface area (Å²) in [6.07, 6.45) is 1.02. The summed E-state index contributed by atoms with van der Waals surface area (Å²) in [5.41, 5.74) is 2.01. The van der Waals surface area contributed by atoms with Crippen molar-refractivity contribution >= 4 is 29.2 Å². The van der Waals surface area contributed by atoms with E-state index in [1.54, 1.807) is 53.2 Å². The number of likely N-dealkylation sites (N-methyl/N-ethyl adjacent to an activating group) is 1. The molecule has 0 saturated carbocycles. The summed E-state index contributed by atoms with van der Waals surface area (Å²) in [6, 6.07) is 14.5. The van der Waals surface area contributed by atoms with Crippen molar-refractivity contribution in [2.45, 2.75) is 44.8 Å². The van der Waals surface area contributed by atoms with Crippen LogP contribution >= 0.6 is 0 Å². The first-order chi connectivity index (χ1) is 17.6. The minimum absolute atomic E-state index is 0.00528. The van der Waals surface area contributed by atoms with Crippen molar-refractivity contribution in [2.24, 2.45) is 5.92 Å². The molecule has 8 nitrogen and oxygen atoms in total. The molecule has 2 aromatic rings. The fourth-order valence-corrected chi connectivity index (χ4v) is 5.40. The molecule has 2 heterocycles. The Balaban J connectivity index is 1.54. The average Bonchev–Trinajstić information content (AvgIpc) is 3.47. The molecule has 8 heteroatoms. The van der Waals surface area contributed by atoms with Gasteiger partial charge in [0.1, 0.15) is 12.1 Å². The van der Waals surface area contributed by atoms with E-state index >= 15 is 0 Å². The Morgan fingerprint density at radius 1 is 0.919 bits per heavy atom. The highest BCUT2D eigenvalue weighted by Crippen LogP contribution is 2.32. The molecule has 2 aliphatic heterocycles. The van der Waals surface area contributed by atoms with E-state index in [2.05, 4.69) is 0 Å². The van der Waals surface area contributed by atoms with Crippen LogP contribution in [0.15, 0.2) is 54.6 Å². The van der Waals surface area contributed by atoms with Gasteiger partial charge < -0.3 is 19.6 Å². The zero-order valence-corrected chi connectivity index (χ0v) is 22.3. The van der Waals surface area contributed by atoms with Crippen LogP contribution in [-0.2, 0) is 9.59 Å². The predicted molar refractivity (Wildman–Crippen MR) is 142 cm³/mol. The Morgan fingerprint density at radius 3 is 2.16 bits per heavy atom. The van der Waals surface area contributed by atoms with Crippen LogP contribution in [0.5, 0.6) is 0 Å². The van der Waals surface area contributed by atoms with Crippen LogP contribution in [0.25, 0.3) is 0 Å². The van der Waals surface area contributed by atoms with Crippen LogP contribution in [0.2, 0.25) is 0 Å². The molecular formula is C29H36N4O4. The van der Waals surface area contributed by atoms with Crippen molar-refractivity contribution in [1.82, 2.24) is 14.7 Å². The second-order valence-corrected chi connectivity index (χ2v) is 10.6. The molecule has 196 valence electrons. The molecule has 2 aliphatic rings. The zero-order valence-electron chi connectivity index (χ0n) is 22.3. The molecule has 2 fully saturated rings. The van der Waals surface area contributed by atoms with Crippen molar-refractivity contribution in [3.8, 4) is 0 Å². The topological polar surface area (TPSA) is 81.2 Å². The molecule has 2 saturated heterocycles. The largest absolute Gasteiger partial charge is 0.378 e. The third kappa shape index (κ3) is 5.24. The van der Waals surface area contributed by atoms with Crippen LogP contribution in [0.1, 0.15) is 47.4 Å². The third-order valence-corrected chi connectivity index (χ3v) is 7.39. The van der Waals surface area contributed by atoms with Crippen LogP contribution in [-0.4, -0.2) is 90.6 Å². The summed E-state index contributed by atoms with van der Waals surface area (Å²) in [4.78, 5) is 60.2. The lowest BCUT2D eigenvalue weighted by Crippen LogP contribution is -2.53. The van der Waals surface area contributed by atoms with Crippen molar-refractivity contribution in [3.63, 3.8) is 0 Å². The second-order valence-electron chi connectivity index (χ2n) is 10.6. The van der Waals surface area contributed by atoms with Gasteiger partial charge in [-0.05, 0) is 55.2 Å². The molecule has 37 heavy (non-hydrogen) atoms. The number of benzene rings is 2. The maximum Gasteiger partial charge on any atom is 0.254 e. The summed E-state index contributed by atoms with van der Waals surface area (Å²) >= 11 is 0. The third-order valence-electron chi connectivity index (χ3n) is 7.39. The Kier molecular flexibility index (Phi) is 7.66. The van der Waals surface area contributed by atoms with E-state index < -0.39 is 12.1 Å². The number of nitrogens with zero attached hydrogens (tertiary/aromatic N) is 4. The van der Waals surface area contributed by atoms with E-state index in [0.29, 0.717) is 30.5 Å². The maximum absolute atomic E-state index is 13.9. The van der Waals surface area contributed by atoms with Crippen LogP contribution in [0.3, 0.4) is 0 Å². The average molecular weight is 505 g/mol. The molecule has 0 spiro atoms. The maximum atomic E-state index is 13.9. The van der Waals surface area contributed by atoms with Gasteiger partial charge in [-0.1, -0.05) is 32.0 Å². The van der Waals surface area contributed by atoms with Crippen molar-refractivity contribution in [3.05, 3.63) is 65.7 Å². The van der Waals surface area contributed by atoms with E-state index in [9.17, 15) is 19.2 Å². The van der Waals surface area contributed by atoms with Gasteiger partial charge in [-0.2, -0.15) is 0 Å². The van der Waals surface area contributed by atoms with Gasteiger partial charge in [0.15, 0.2) is 5.78 Å². The summed E-state index contributed by atoms with van der Waals surface area (Å²) in [6.45, 7) is 4.40. The van der Waals surface area contributed by atoms with Gasteiger partial charge in [-0.3, -0.25) is 19.2 Å². The van der Waals surface area contributed by atoms with Gasteiger partial charge in [0.05, 0.1) is 12.6 Å². The van der Waals surface area contributed by atoms with Crippen LogP contribution in [0.4, 0.5) is 5.69 Å². The van der Waals surface area contributed by atoms with Gasteiger partial charge in [0.25, 0.3) is 11.8 Å². The molecule has 2 aromatic carbocycles. The van der Waals surface area contributed by atoms with Gasteiger partial charge in [-0.25, -0.2) is 0 Å². The number of ketones is 1. The van der Waals surface area contributed by atoms with Crippen molar-refractivity contribution in [2.75, 3.05) is 39.1 Å². The fourth-order valence-electron chi connectivity index (χ4n) is 5.40. The quantitative estimate of drug-likeness (QED) is 0.579. The second kappa shape index (κ2) is 10.7. The lowest BCUT2D eigenvalue weighted by Gasteiger charge is -2.34. The molecule has 4 rings (SSSR count). The Bertz CT molecular complexity index is 1160. The van der Waals surface area contributed by atoms with Crippen molar-refractivity contribution < 1.29 is 19.2 Å². The highest BCUT2D eigenvalue weighted by molar-refractivity contribution is 6.03. The number of amides is 3. The number of hydrogen-bond donors (Lipinski definition) is 0. The number of anilines is 1. The fraction of sp³-hybridized carbons (Fsp3) is 0.448. The summed E-state index contributed by atoms with van der Waals surface area (Å²) in [7, 11) is 5.52. The minimum atomic E-state index is -0.702. The summed E-state index contributed by atoms with van der Waals surface area (Å²) in [5.74, 6) is -0.628. The van der Waals surface area contributed by atoms with Gasteiger partial charge in [0.2, 0.25) is 5.91 Å². The Morgan fingerprint density at radius 2 is 1.57 bits per heavy atom. The highest BCUT2D eigenvalue weighted by atomic mass is 16.2. The van der Waals surface area contributed by atoms with Crippen LogP contribution in [0, 0.1) is 5.92 Å². The van der Waals surface area contributed by atoms with Gasteiger partial charge >= 0.3 is 0 Å². The number of rotatable bonds is 7.